The van der Waals surface area contributed by atoms with Crippen LogP contribution in [-0.2, 0) is 11.8 Å². The summed E-state index contributed by atoms with van der Waals surface area (Å²) in [6, 6.07) is 6.13. The largest absolute Gasteiger partial charge is 0.492 e. The van der Waals surface area contributed by atoms with Gasteiger partial charge in [-0.2, -0.15) is 5.10 Å². The van der Waals surface area contributed by atoms with Crippen molar-refractivity contribution in [2.24, 2.45) is 13.0 Å². The number of aromatic nitrogens is 2. The molecule has 1 aromatic heterocycles. The minimum Gasteiger partial charge on any atom is -0.492 e. The lowest BCUT2D eigenvalue weighted by Gasteiger charge is -2.17. The average Bonchev–Trinajstić information content (AvgIpc) is 3.19. The Morgan fingerprint density at radius 3 is 2.76 bits per heavy atom. The van der Waals surface area contributed by atoms with Crippen molar-refractivity contribution in [2.45, 2.75) is 19.8 Å². The van der Waals surface area contributed by atoms with Crippen molar-refractivity contribution in [3.05, 3.63) is 47.3 Å². The maximum atomic E-state index is 12.5. The highest BCUT2D eigenvalue weighted by atomic mass is 16.5. The van der Waals surface area contributed by atoms with Crippen LogP contribution in [0.25, 0.3) is 0 Å². The van der Waals surface area contributed by atoms with Crippen LogP contribution in [-0.4, -0.2) is 41.9 Å². The topological polar surface area (TPSA) is 68.2 Å². The molecule has 0 radical (unpaired) electrons. The number of ether oxygens (including phenoxy) is 1. The van der Waals surface area contributed by atoms with Gasteiger partial charge in [0.15, 0.2) is 0 Å². The van der Waals surface area contributed by atoms with E-state index in [1.807, 2.05) is 45.4 Å². The van der Waals surface area contributed by atoms with Gasteiger partial charge in [-0.25, -0.2) is 0 Å². The summed E-state index contributed by atoms with van der Waals surface area (Å²) in [5, 5.41) is 10.5. The number of carbonyl (C=O) groups is 1. The molecule has 2 atom stereocenters. The number of aryl methyl sites for hydroxylation is 3. The van der Waals surface area contributed by atoms with Crippen LogP contribution < -0.4 is 15.4 Å². The van der Waals surface area contributed by atoms with E-state index in [1.165, 1.54) is 11.1 Å². The third kappa shape index (κ3) is 4.39. The van der Waals surface area contributed by atoms with Crippen LogP contribution >= 0.6 is 0 Å². The number of rotatable bonds is 6. The molecule has 1 aliphatic heterocycles. The lowest BCUT2D eigenvalue weighted by atomic mass is 9.90. The molecule has 6 heteroatoms. The zero-order valence-electron chi connectivity index (χ0n) is 15.1. The first-order chi connectivity index (χ1) is 12.0. The molecule has 2 N–H and O–H groups in total. The molecule has 1 saturated heterocycles. The van der Waals surface area contributed by atoms with Gasteiger partial charge in [-0.3, -0.25) is 9.48 Å². The van der Waals surface area contributed by atoms with E-state index in [2.05, 4.69) is 21.8 Å². The Kier molecular flexibility index (Phi) is 5.38. The van der Waals surface area contributed by atoms with Gasteiger partial charge in [-0.1, -0.05) is 6.07 Å². The van der Waals surface area contributed by atoms with Crippen LogP contribution in [0.1, 0.15) is 22.6 Å². The number of carbonyl (C=O) groups excluding carboxylic acids is 1. The van der Waals surface area contributed by atoms with Crippen molar-refractivity contribution in [1.29, 1.82) is 0 Å². The van der Waals surface area contributed by atoms with Crippen molar-refractivity contribution in [1.82, 2.24) is 20.4 Å². The second kappa shape index (κ2) is 7.70. The van der Waals surface area contributed by atoms with Crippen molar-refractivity contribution < 1.29 is 9.53 Å². The quantitative estimate of drug-likeness (QED) is 0.782. The van der Waals surface area contributed by atoms with Crippen LogP contribution in [0.15, 0.2) is 30.6 Å². The molecule has 2 heterocycles. The molecule has 3 rings (SSSR count). The summed E-state index contributed by atoms with van der Waals surface area (Å²) in [7, 11) is 1.89. The number of amides is 1. The molecule has 0 spiro atoms. The first-order valence-electron chi connectivity index (χ1n) is 8.71. The standard InChI is InChI=1S/C19H26N4O2/c1-13-6-14(2)8-16(7-13)25-5-4-21-19(24)18-11-20-10-17(18)15-9-22-23(3)12-15/h6-9,12,17-18,20H,4-5,10-11H2,1-3H3,(H,21,24)/t17-,18+/m1/s1. The molecule has 134 valence electrons. The van der Waals surface area contributed by atoms with Gasteiger partial charge in [0.25, 0.3) is 0 Å². The molecule has 25 heavy (non-hydrogen) atoms. The lowest BCUT2D eigenvalue weighted by molar-refractivity contribution is -0.124. The average molecular weight is 342 g/mol. The van der Waals surface area contributed by atoms with Crippen LogP contribution in [0.5, 0.6) is 5.75 Å². The molecule has 0 unspecified atom stereocenters. The monoisotopic (exact) mass is 342 g/mol. The Balaban J connectivity index is 1.48. The van der Waals surface area contributed by atoms with E-state index in [4.69, 9.17) is 4.74 Å². The Bertz CT molecular complexity index is 721. The number of nitrogens with one attached hydrogen (secondary N) is 2. The second-order valence-corrected chi connectivity index (χ2v) is 6.78. The van der Waals surface area contributed by atoms with Gasteiger partial charge in [-0.05, 0) is 42.7 Å². The van der Waals surface area contributed by atoms with Gasteiger partial charge in [-0.15, -0.1) is 0 Å². The molecule has 1 aliphatic rings. The molecule has 1 aromatic carbocycles. The number of benzene rings is 1. The molecule has 0 saturated carbocycles. The highest BCUT2D eigenvalue weighted by Crippen LogP contribution is 2.27. The summed E-state index contributed by atoms with van der Waals surface area (Å²) >= 11 is 0. The summed E-state index contributed by atoms with van der Waals surface area (Å²) in [6.45, 7) is 6.57. The fourth-order valence-electron chi connectivity index (χ4n) is 3.43. The van der Waals surface area contributed by atoms with Gasteiger partial charge in [0.2, 0.25) is 5.91 Å². The summed E-state index contributed by atoms with van der Waals surface area (Å²) in [6.07, 6.45) is 3.84. The molecule has 1 amide bonds. The molecule has 6 nitrogen and oxygen atoms in total. The molecule has 1 fully saturated rings. The maximum Gasteiger partial charge on any atom is 0.225 e. The number of hydrogen-bond acceptors (Lipinski definition) is 4. The predicted molar refractivity (Wildman–Crippen MR) is 96.7 cm³/mol. The van der Waals surface area contributed by atoms with E-state index in [9.17, 15) is 4.79 Å². The van der Waals surface area contributed by atoms with E-state index in [0.717, 1.165) is 17.9 Å². The highest BCUT2D eigenvalue weighted by Gasteiger charge is 2.34. The van der Waals surface area contributed by atoms with Gasteiger partial charge in [0, 0.05) is 32.3 Å². The van der Waals surface area contributed by atoms with Gasteiger partial charge in [0.1, 0.15) is 12.4 Å². The molecule has 0 aliphatic carbocycles. The van der Waals surface area contributed by atoms with E-state index in [-0.39, 0.29) is 17.7 Å². The minimum atomic E-state index is -0.0644. The van der Waals surface area contributed by atoms with E-state index in [0.29, 0.717) is 19.7 Å². The summed E-state index contributed by atoms with van der Waals surface area (Å²) in [5.41, 5.74) is 3.46. The van der Waals surface area contributed by atoms with E-state index in [1.54, 1.807) is 4.68 Å². The van der Waals surface area contributed by atoms with Crippen molar-refractivity contribution in [3.63, 3.8) is 0 Å². The number of nitrogens with zero attached hydrogens (tertiary/aromatic N) is 2. The van der Waals surface area contributed by atoms with Crippen molar-refractivity contribution in [3.8, 4) is 5.75 Å². The summed E-state index contributed by atoms with van der Waals surface area (Å²) < 4.78 is 7.53. The lowest BCUT2D eigenvalue weighted by Crippen LogP contribution is -2.36. The Labute approximate surface area is 148 Å². The normalized spacial score (nSPS) is 19.8. The Morgan fingerprint density at radius 1 is 1.32 bits per heavy atom. The van der Waals surface area contributed by atoms with Crippen LogP contribution in [0.2, 0.25) is 0 Å². The van der Waals surface area contributed by atoms with Crippen LogP contribution in [0.3, 0.4) is 0 Å². The molecular weight excluding hydrogens is 316 g/mol. The van der Waals surface area contributed by atoms with E-state index < -0.39 is 0 Å². The smallest absolute Gasteiger partial charge is 0.225 e. The van der Waals surface area contributed by atoms with Crippen molar-refractivity contribution in [2.75, 3.05) is 26.2 Å². The molecule has 0 bridgehead atoms. The van der Waals surface area contributed by atoms with Crippen LogP contribution in [0, 0.1) is 19.8 Å². The maximum absolute atomic E-state index is 12.5. The van der Waals surface area contributed by atoms with Gasteiger partial charge >= 0.3 is 0 Å². The fraction of sp³-hybridized carbons (Fsp3) is 0.474. The highest BCUT2D eigenvalue weighted by molar-refractivity contribution is 5.80. The molecule has 2 aromatic rings. The van der Waals surface area contributed by atoms with Gasteiger partial charge in [0.05, 0.1) is 18.7 Å². The minimum absolute atomic E-state index is 0.0644. The zero-order valence-corrected chi connectivity index (χ0v) is 15.1. The van der Waals surface area contributed by atoms with Crippen molar-refractivity contribution >= 4 is 5.91 Å². The summed E-state index contributed by atoms with van der Waals surface area (Å²) in [5.74, 6) is 1.03. The second-order valence-electron chi connectivity index (χ2n) is 6.78. The first-order valence-corrected chi connectivity index (χ1v) is 8.71. The van der Waals surface area contributed by atoms with Crippen LogP contribution in [0.4, 0.5) is 0 Å². The zero-order chi connectivity index (χ0) is 17.8. The third-order valence-electron chi connectivity index (χ3n) is 4.57. The van der Waals surface area contributed by atoms with E-state index >= 15 is 0 Å². The number of hydrogen-bond donors (Lipinski definition) is 2. The Hall–Kier alpha value is -2.34. The summed E-state index contributed by atoms with van der Waals surface area (Å²) in [4.78, 5) is 12.5. The van der Waals surface area contributed by atoms with Gasteiger partial charge < -0.3 is 15.4 Å². The molecular formula is C19H26N4O2. The fourth-order valence-corrected chi connectivity index (χ4v) is 3.43. The Morgan fingerprint density at radius 2 is 2.08 bits per heavy atom. The SMILES string of the molecule is Cc1cc(C)cc(OCCNC(=O)[C@H]2CNC[C@@H]2c2cnn(C)c2)c1. The third-order valence-corrected chi connectivity index (χ3v) is 4.57. The first kappa shape index (κ1) is 17.5. The predicted octanol–water partition coefficient (Wildman–Crippen LogP) is 1.54.